The summed E-state index contributed by atoms with van der Waals surface area (Å²) in [6.07, 6.45) is 0. The summed E-state index contributed by atoms with van der Waals surface area (Å²) in [4.78, 5) is 22.5. The number of amides is 1. The predicted molar refractivity (Wildman–Crippen MR) is 88.5 cm³/mol. The third-order valence-corrected chi connectivity index (χ3v) is 4.10. The summed E-state index contributed by atoms with van der Waals surface area (Å²) in [5.41, 5.74) is 7.50. The number of nitrogens with zero attached hydrogens (tertiary/aromatic N) is 2. The van der Waals surface area contributed by atoms with E-state index < -0.39 is 10.8 Å². The van der Waals surface area contributed by atoms with Crippen molar-refractivity contribution >= 4 is 34.1 Å². The number of nitro groups is 1. The number of carbonyl (C=O) groups is 1. The Morgan fingerprint density at radius 2 is 1.96 bits per heavy atom. The smallest absolute Gasteiger partial charge is 0.270 e. The van der Waals surface area contributed by atoms with Gasteiger partial charge in [0, 0.05) is 46.2 Å². The summed E-state index contributed by atoms with van der Waals surface area (Å²) >= 11 is 6.25. The van der Waals surface area contributed by atoms with Gasteiger partial charge >= 0.3 is 0 Å². The zero-order valence-corrected chi connectivity index (χ0v) is 12.9. The van der Waals surface area contributed by atoms with Gasteiger partial charge in [-0.25, -0.2) is 0 Å². The van der Waals surface area contributed by atoms with Crippen LogP contribution in [0.3, 0.4) is 0 Å². The van der Waals surface area contributed by atoms with Crippen LogP contribution < -0.4 is 5.73 Å². The fourth-order valence-corrected chi connectivity index (χ4v) is 3.00. The minimum Gasteiger partial charge on any atom is -0.364 e. The van der Waals surface area contributed by atoms with E-state index >= 15 is 0 Å². The highest BCUT2D eigenvalue weighted by atomic mass is 35.5. The van der Waals surface area contributed by atoms with E-state index in [4.69, 9.17) is 17.3 Å². The quantitative estimate of drug-likeness (QED) is 0.588. The number of nitrogens with two attached hydrogens (primary N) is 1. The van der Waals surface area contributed by atoms with Crippen LogP contribution in [-0.2, 0) is 7.05 Å². The van der Waals surface area contributed by atoms with Crippen LogP contribution in [0.15, 0.2) is 42.5 Å². The zero-order chi connectivity index (χ0) is 16.7. The summed E-state index contributed by atoms with van der Waals surface area (Å²) in [5, 5.41) is 12.1. The number of nitro benzene ring substituents is 1. The lowest BCUT2D eigenvalue weighted by molar-refractivity contribution is -0.384. The SMILES string of the molecule is Cn1c(C(N)=O)c(-c2ccccc2Cl)c2cc([N+](=O)[O-])ccc21. The van der Waals surface area contributed by atoms with Crippen molar-refractivity contribution in [3.63, 3.8) is 0 Å². The number of hydrogen-bond acceptors (Lipinski definition) is 3. The molecular weight excluding hydrogens is 318 g/mol. The van der Waals surface area contributed by atoms with E-state index in [1.165, 1.54) is 12.1 Å². The molecule has 0 spiro atoms. The Balaban J connectivity index is 2.48. The molecule has 0 aliphatic heterocycles. The van der Waals surface area contributed by atoms with Gasteiger partial charge in [0.15, 0.2) is 0 Å². The van der Waals surface area contributed by atoms with Crippen molar-refractivity contribution in [1.29, 1.82) is 0 Å². The highest BCUT2D eigenvalue weighted by molar-refractivity contribution is 6.34. The minimum atomic E-state index is -0.624. The molecule has 1 aromatic heterocycles. The predicted octanol–water partition coefficient (Wildman–Crippen LogP) is 3.51. The van der Waals surface area contributed by atoms with E-state index in [0.717, 1.165) is 0 Å². The average Bonchev–Trinajstić information content (AvgIpc) is 2.80. The molecule has 0 bridgehead atoms. The summed E-state index contributed by atoms with van der Waals surface area (Å²) in [6, 6.07) is 11.4. The number of halogens is 1. The van der Waals surface area contributed by atoms with E-state index in [-0.39, 0.29) is 11.4 Å². The number of carbonyl (C=O) groups excluding carboxylic acids is 1. The summed E-state index contributed by atoms with van der Waals surface area (Å²) in [5.74, 6) is -0.624. The van der Waals surface area contributed by atoms with Gasteiger partial charge in [0.1, 0.15) is 5.69 Å². The Morgan fingerprint density at radius 3 is 2.57 bits per heavy atom. The first-order valence-corrected chi connectivity index (χ1v) is 7.11. The first kappa shape index (κ1) is 15.1. The minimum absolute atomic E-state index is 0.0626. The Labute approximate surface area is 136 Å². The van der Waals surface area contributed by atoms with Crippen LogP contribution in [0.25, 0.3) is 22.0 Å². The standard InChI is InChI=1S/C16H12ClN3O3/c1-19-13-7-6-9(20(22)23)8-11(13)14(15(19)16(18)21)10-4-2-3-5-12(10)17/h2-8H,1H3,(H2,18,21). The third-order valence-electron chi connectivity index (χ3n) is 3.77. The molecule has 0 unspecified atom stereocenters. The van der Waals surface area contributed by atoms with Gasteiger partial charge < -0.3 is 10.3 Å². The van der Waals surface area contributed by atoms with Crippen LogP contribution in [0.5, 0.6) is 0 Å². The van der Waals surface area contributed by atoms with Crippen molar-refractivity contribution < 1.29 is 9.72 Å². The molecule has 2 aromatic carbocycles. The zero-order valence-electron chi connectivity index (χ0n) is 12.1. The van der Waals surface area contributed by atoms with E-state index in [9.17, 15) is 14.9 Å². The number of benzene rings is 2. The lowest BCUT2D eigenvalue weighted by Gasteiger charge is -2.06. The number of hydrogen-bond donors (Lipinski definition) is 1. The van der Waals surface area contributed by atoms with Gasteiger partial charge in [-0.1, -0.05) is 29.8 Å². The van der Waals surface area contributed by atoms with Gasteiger partial charge in [0.05, 0.1) is 4.92 Å². The molecule has 23 heavy (non-hydrogen) atoms. The van der Waals surface area contributed by atoms with Crippen molar-refractivity contribution in [2.75, 3.05) is 0 Å². The van der Waals surface area contributed by atoms with Crippen molar-refractivity contribution in [3.8, 4) is 11.1 Å². The first-order chi connectivity index (χ1) is 10.9. The highest BCUT2D eigenvalue weighted by Gasteiger charge is 2.23. The molecule has 3 aromatic rings. The second-order valence-corrected chi connectivity index (χ2v) is 5.49. The van der Waals surface area contributed by atoms with Crippen LogP contribution in [0, 0.1) is 10.1 Å². The number of rotatable bonds is 3. The van der Waals surface area contributed by atoms with Crippen molar-refractivity contribution in [3.05, 3.63) is 63.3 Å². The largest absolute Gasteiger partial charge is 0.364 e. The van der Waals surface area contributed by atoms with Gasteiger partial charge in [-0.05, 0) is 12.1 Å². The molecule has 0 atom stereocenters. The number of non-ortho nitro benzene ring substituents is 1. The normalized spacial score (nSPS) is 10.9. The molecule has 3 rings (SSSR count). The lowest BCUT2D eigenvalue weighted by Crippen LogP contribution is -2.16. The molecule has 0 saturated carbocycles. The lowest BCUT2D eigenvalue weighted by atomic mass is 10.0. The number of primary amides is 1. The summed E-state index contributed by atoms with van der Waals surface area (Å²) in [7, 11) is 1.69. The maximum absolute atomic E-state index is 11.9. The van der Waals surface area contributed by atoms with Gasteiger partial charge in [0.2, 0.25) is 0 Å². The summed E-state index contributed by atoms with van der Waals surface area (Å²) in [6.45, 7) is 0. The van der Waals surface area contributed by atoms with Gasteiger partial charge in [-0.2, -0.15) is 0 Å². The maximum atomic E-state index is 11.9. The Kier molecular flexibility index (Phi) is 3.54. The van der Waals surface area contributed by atoms with Crippen LogP contribution in [-0.4, -0.2) is 15.4 Å². The summed E-state index contributed by atoms with van der Waals surface area (Å²) < 4.78 is 1.63. The molecule has 0 fully saturated rings. The fraction of sp³-hybridized carbons (Fsp3) is 0.0625. The number of aryl methyl sites for hydroxylation is 1. The molecule has 1 amide bonds. The fourth-order valence-electron chi connectivity index (χ4n) is 2.77. The third kappa shape index (κ3) is 2.33. The Hall–Kier alpha value is -2.86. The van der Waals surface area contributed by atoms with E-state index in [1.807, 2.05) is 0 Å². The van der Waals surface area contributed by atoms with Crippen LogP contribution in [0.4, 0.5) is 5.69 Å². The van der Waals surface area contributed by atoms with Crippen molar-refractivity contribution in [2.45, 2.75) is 0 Å². The Morgan fingerprint density at radius 1 is 1.26 bits per heavy atom. The molecule has 7 heteroatoms. The van der Waals surface area contributed by atoms with E-state index in [1.54, 1.807) is 41.9 Å². The van der Waals surface area contributed by atoms with Crippen LogP contribution >= 0.6 is 11.6 Å². The molecule has 6 nitrogen and oxygen atoms in total. The highest BCUT2D eigenvalue weighted by Crippen LogP contribution is 2.39. The molecule has 116 valence electrons. The average molecular weight is 330 g/mol. The monoisotopic (exact) mass is 329 g/mol. The molecular formula is C16H12ClN3O3. The van der Waals surface area contributed by atoms with Crippen LogP contribution in [0.2, 0.25) is 5.02 Å². The van der Waals surface area contributed by atoms with Crippen molar-refractivity contribution in [1.82, 2.24) is 4.57 Å². The van der Waals surface area contributed by atoms with Gasteiger partial charge in [-0.3, -0.25) is 14.9 Å². The van der Waals surface area contributed by atoms with Gasteiger partial charge in [0.25, 0.3) is 11.6 Å². The topological polar surface area (TPSA) is 91.2 Å². The second kappa shape index (κ2) is 5.40. The molecule has 0 radical (unpaired) electrons. The van der Waals surface area contributed by atoms with Crippen LogP contribution in [0.1, 0.15) is 10.5 Å². The number of fused-ring (bicyclic) bond motifs is 1. The molecule has 0 aliphatic rings. The molecule has 1 heterocycles. The van der Waals surface area contributed by atoms with E-state index in [0.29, 0.717) is 27.1 Å². The first-order valence-electron chi connectivity index (χ1n) is 6.73. The van der Waals surface area contributed by atoms with E-state index in [2.05, 4.69) is 0 Å². The Bertz CT molecular complexity index is 963. The molecule has 0 saturated heterocycles. The molecule has 0 aliphatic carbocycles. The van der Waals surface area contributed by atoms with Gasteiger partial charge in [-0.15, -0.1) is 0 Å². The maximum Gasteiger partial charge on any atom is 0.270 e. The number of aromatic nitrogens is 1. The molecule has 2 N–H and O–H groups in total. The van der Waals surface area contributed by atoms with Crippen molar-refractivity contribution in [2.24, 2.45) is 12.8 Å². The second-order valence-electron chi connectivity index (χ2n) is 5.09.